The van der Waals surface area contributed by atoms with Crippen molar-refractivity contribution in [2.75, 3.05) is 33.8 Å². The first-order chi connectivity index (χ1) is 7.76. The summed E-state index contributed by atoms with van der Waals surface area (Å²) >= 11 is 0. The van der Waals surface area contributed by atoms with Gasteiger partial charge in [0.1, 0.15) is 0 Å². The van der Waals surface area contributed by atoms with Crippen LogP contribution >= 0.6 is 0 Å². The summed E-state index contributed by atoms with van der Waals surface area (Å²) in [6.45, 7) is 10.7. The Balaban J connectivity index is 3.89. The first-order valence-corrected chi connectivity index (χ1v) is 6.30. The fourth-order valence-electron chi connectivity index (χ4n) is 1.90. The molecule has 0 aromatic rings. The molecule has 1 N–H and O–H groups in total. The number of hydrogen-bond acceptors (Lipinski definition) is 4. The molecular formula is C13H28N2O2. The summed E-state index contributed by atoms with van der Waals surface area (Å²) in [7, 11) is 4.15. The van der Waals surface area contributed by atoms with Crippen molar-refractivity contribution in [3.8, 4) is 0 Å². The summed E-state index contributed by atoms with van der Waals surface area (Å²) in [6.07, 6.45) is 0.436. The van der Waals surface area contributed by atoms with Gasteiger partial charge in [0.15, 0.2) is 0 Å². The van der Waals surface area contributed by atoms with Gasteiger partial charge in [0.2, 0.25) is 0 Å². The monoisotopic (exact) mass is 244 g/mol. The lowest BCUT2D eigenvalue weighted by molar-refractivity contribution is -0.143. The summed E-state index contributed by atoms with van der Waals surface area (Å²) in [4.78, 5) is 13.5. The Kier molecular flexibility index (Phi) is 7.39. The molecule has 0 saturated carbocycles. The number of hydrogen-bond donors (Lipinski definition) is 1. The molecule has 0 bridgehead atoms. The molecule has 0 saturated heterocycles. The molecule has 0 amide bonds. The molecule has 0 fully saturated rings. The summed E-state index contributed by atoms with van der Waals surface area (Å²) in [5.74, 6) is -0.127. The molecule has 4 heteroatoms. The quantitative estimate of drug-likeness (QED) is 0.657. The van der Waals surface area contributed by atoms with Crippen LogP contribution in [0.3, 0.4) is 0 Å². The summed E-state index contributed by atoms with van der Waals surface area (Å²) < 4.78 is 4.92. The molecule has 4 nitrogen and oxygen atoms in total. The van der Waals surface area contributed by atoms with Crippen LogP contribution in [0.25, 0.3) is 0 Å². The maximum Gasteiger partial charge on any atom is 0.307 e. The minimum atomic E-state index is -0.127. The van der Waals surface area contributed by atoms with Gasteiger partial charge in [0.25, 0.3) is 0 Å². The highest BCUT2D eigenvalue weighted by atomic mass is 16.5. The lowest BCUT2D eigenvalue weighted by Gasteiger charge is -2.30. The van der Waals surface area contributed by atoms with Crippen molar-refractivity contribution in [2.45, 2.75) is 40.2 Å². The van der Waals surface area contributed by atoms with Crippen LogP contribution < -0.4 is 5.32 Å². The van der Waals surface area contributed by atoms with Crippen LogP contribution in [-0.4, -0.2) is 50.7 Å². The third kappa shape index (κ3) is 9.12. The molecule has 0 aliphatic rings. The van der Waals surface area contributed by atoms with Gasteiger partial charge in [-0.05, 0) is 33.4 Å². The van der Waals surface area contributed by atoms with E-state index in [4.69, 9.17) is 4.74 Å². The largest absolute Gasteiger partial charge is 0.466 e. The Morgan fingerprint density at radius 2 is 2.00 bits per heavy atom. The van der Waals surface area contributed by atoms with E-state index in [1.165, 1.54) is 0 Å². The number of ether oxygens (including phenoxy) is 1. The van der Waals surface area contributed by atoms with Crippen LogP contribution in [0.2, 0.25) is 0 Å². The number of nitrogens with zero attached hydrogens (tertiary/aromatic N) is 1. The van der Waals surface area contributed by atoms with Crippen LogP contribution in [0.15, 0.2) is 0 Å². The van der Waals surface area contributed by atoms with Crippen molar-refractivity contribution in [1.29, 1.82) is 0 Å². The second-order valence-corrected chi connectivity index (χ2v) is 5.69. The minimum Gasteiger partial charge on any atom is -0.466 e. The fraction of sp³-hybridized carbons (Fsp3) is 0.923. The Labute approximate surface area is 106 Å². The molecule has 0 heterocycles. The number of esters is 1. The third-order valence-electron chi connectivity index (χ3n) is 2.45. The van der Waals surface area contributed by atoms with Crippen molar-refractivity contribution in [2.24, 2.45) is 5.41 Å². The third-order valence-corrected chi connectivity index (χ3v) is 2.45. The Bertz CT molecular complexity index is 227. The Morgan fingerprint density at radius 1 is 1.41 bits per heavy atom. The van der Waals surface area contributed by atoms with E-state index in [1.807, 2.05) is 13.8 Å². The molecule has 0 aliphatic heterocycles. The second kappa shape index (κ2) is 7.67. The molecule has 0 rings (SSSR count). The van der Waals surface area contributed by atoms with Crippen LogP contribution in [0.5, 0.6) is 0 Å². The van der Waals surface area contributed by atoms with Gasteiger partial charge in [-0.1, -0.05) is 13.8 Å². The second-order valence-electron chi connectivity index (χ2n) is 5.69. The number of nitrogens with one attached hydrogen (secondary N) is 1. The topological polar surface area (TPSA) is 41.6 Å². The highest BCUT2D eigenvalue weighted by Crippen LogP contribution is 2.14. The zero-order valence-corrected chi connectivity index (χ0v) is 12.2. The lowest BCUT2D eigenvalue weighted by Crippen LogP contribution is -2.41. The molecule has 102 valence electrons. The first-order valence-electron chi connectivity index (χ1n) is 6.30. The van der Waals surface area contributed by atoms with Crippen molar-refractivity contribution >= 4 is 5.97 Å². The zero-order chi connectivity index (χ0) is 13.5. The van der Waals surface area contributed by atoms with E-state index in [2.05, 4.69) is 38.2 Å². The van der Waals surface area contributed by atoms with Gasteiger partial charge in [0.05, 0.1) is 13.0 Å². The normalized spacial score (nSPS) is 13.8. The number of carbonyl (C=O) groups excluding carboxylic acids is 1. The predicted octanol–water partition coefficient (Wildman–Crippen LogP) is 1.51. The number of carbonyl (C=O) groups is 1. The van der Waals surface area contributed by atoms with Gasteiger partial charge in [-0.3, -0.25) is 4.79 Å². The Hall–Kier alpha value is -0.610. The average Bonchev–Trinajstić information content (AvgIpc) is 2.13. The van der Waals surface area contributed by atoms with E-state index in [-0.39, 0.29) is 17.4 Å². The zero-order valence-electron chi connectivity index (χ0n) is 12.2. The highest BCUT2D eigenvalue weighted by molar-refractivity contribution is 5.69. The van der Waals surface area contributed by atoms with Crippen molar-refractivity contribution < 1.29 is 9.53 Å². The van der Waals surface area contributed by atoms with E-state index in [9.17, 15) is 4.79 Å². The summed E-state index contributed by atoms with van der Waals surface area (Å²) in [6, 6.07) is 0.162. The molecule has 0 aromatic heterocycles. The molecule has 0 radical (unpaired) electrons. The molecule has 0 spiro atoms. The predicted molar refractivity (Wildman–Crippen MR) is 71.0 cm³/mol. The summed E-state index contributed by atoms with van der Waals surface area (Å²) in [5, 5.41) is 3.39. The SMILES string of the molecule is CCOC(=O)CC(C)NCC(C)(C)CN(C)C. The molecule has 17 heavy (non-hydrogen) atoms. The van der Waals surface area contributed by atoms with Gasteiger partial charge in [0, 0.05) is 19.1 Å². The van der Waals surface area contributed by atoms with E-state index >= 15 is 0 Å². The summed E-state index contributed by atoms with van der Waals surface area (Å²) in [5.41, 5.74) is 0.201. The van der Waals surface area contributed by atoms with Crippen molar-refractivity contribution in [1.82, 2.24) is 10.2 Å². The van der Waals surface area contributed by atoms with Crippen LogP contribution in [0, 0.1) is 5.41 Å². The van der Waals surface area contributed by atoms with E-state index in [1.54, 1.807) is 0 Å². The van der Waals surface area contributed by atoms with Crippen molar-refractivity contribution in [3.05, 3.63) is 0 Å². The minimum absolute atomic E-state index is 0.127. The smallest absolute Gasteiger partial charge is 0.307 e. The first kappa shape index (κ1) is 16.4. The van der Waals surface area contributed by atoms with Crippen LogP contribution in [-0.2, 0) is 9.53 Å². The molecule has 1 unspecified atom stereocenters. The standard InChI is InChI=1S/C13H28N2O2/c1-7-17-12(16)8-11(2)14-9-13(3,4)10-15(5)6/h11,14H,7-10H2,1-6H3. The molecular weight excluding hydrogens is 216 g/mol. The van der Waals surface area contributed by atoms with Gasteiger partial charge >= 0.3 is 5.97 Å². The van der Waals surface area contributed by atoms with Crippen LogP contribution in [0.1, 0.15) is 34.1 Å². The number of rotatable bonds is 8. The molecule has 1 atom stereocenters. The van der Waals surface area contributed by atoms with E-state index < -0.39 is 0 Å². The maximum atomic E-state index is 11.3. The Morgan fingerprint density at radius 3 is 2.47 bits per heavy atom. The highest BCUT2D eigenvalue weighted by Gasteiger charge is 2.20. The van der Waals surface area contributed by atoms with Gasteiger partial charge in [-0.25, -0.2) is 0 Å². The maximum absolute atomic E-state index is 11.3. The average molecular weight is 244 g/mol. The van der Waals surface area contributed by atoms with E-state index in [0.29, 0.717) is 13.0 Å². The molecule has 0 aromatic carbocycles. The van der Waals surface area contributed by atoms with Crippen LogP contribution in [0.4, 0.5) is 0 Å². The van der Waals surface area contributed by atoms with E-state index in [0.717, 1.165) is 13.1 Å². The van der Waals surface area contributed by atoms with Gasteiger partial charge in [-0.15, -0.1) is 0 Å². The fourth-order valence-corrected chi connectivity index (χ4v) is 1.90. The van der Waals surface area contributed by atoms with Gasteiger partial charge < -0.3 is 15.0 Å². The lowest BCUT2D eigenvalue weighted by atomic mass is 9.92. The molecule has 0 aliphatic carbocycles. The van der Waals surface area contributed by atoms with Crippen molar-refractivity contribution in [3.63, 3.8) is 0 Å². The van der Waals surface area contributed by atoms with Gasteiger partial charge in [-0.2, -0.15) is 0 Å².